The van der Waals surface area contributed by atoms with Crippen molar-refractivity contribution in [3.8, 4) is 0 Å². The average Bonchev–Trinajstić information content (AvgIpc) is 2.89. The second-order valence-corrected chi connectivity index (χ2v) is 6.21. The lowest BCUT2D eigenvalue weighted by atomic mass is 10.1. The van der Waals surface area contributed by atoms with Crippen LogP contribution in [-0.4, -0.2) is 29.1 Å². The first-order chi connectivity index (χ1) is 9.60. The van der Waals surface area contributed by atoms with E-state index in [2.05, 4.69) is 42.0 Å². The zero-order valence-corrected chi connectivity index (χ0v) is 13.3. The molecule has 1 saturated carbocycles. The predicted octanol–water partition coefficient (Wildman–Crippen LogP) is 3.62. The molecule has 0 bridgehead atoms. The molecule has 0 radical (unpaired) electrons. The summed E-state index contributed by atoms with van der Waals surface area (Å²) in [6.45, 7) is 10.6. The molecule has 1 aliphatic carbocycles. The molecule has 0 aliphatic heterocycles. The van der Waals surface area contributed by atoms with E-state index in [-0.39, 0.29) is 0 Å². The molecule has 0 spiro atoms. The number of hydrogen-bond acceptors (Lipinski definition) is 4. The van der Waals surface area contributed by atoms with E-state index >= 15 is 0 Å². The van der Waals surface area contributed by atoms with Crippen molar-refractivity contribution in [3.63, 3.8) is 0 Å². The highest BCUT2D eigenvalue weighted by molar-refractivity contribution is 5.46. The van der Waals surface area contributed by atoms with Crippen LogP contribution in [0.5, 0.6) is 0 Å². The SMILES string of the molecule is CCNc1nc(C)cc(N(CC(C)C)C2CCCC2)n1. The Morgan fingerprint density at radius 2 is 2.00 bits per heavy atom. The lowest BCUT2D eigenvalue weighted by molar-refractivity contribution is 0.531. The van der Waals surface area contributed by atoms with Gasteiger partial charge in [-0.25, -0.2) is 4.98 Å². The van der Waals surface area contributed by atoms with E-state index in [1.165, 1.54) is 25.7 Å². The second kappa shape index (κ2) is 6.91. The summed E-state index contributed by atoms with van der Waals surface area (Å²) in [6, 6.07) is 2.78. The van der Waals surface area contributed by atoms with E-state index in [1.807, 2.05) is 6.92 Å². The molecular weight excluding hydrogens is 248 g/mol. The van der Waals surface area contributed by atoms with E-state index in [4.69, 9.17) is 4.98 Å². The van der Waals surface area contributed by atoms with Crippen LogP contribution in [0.3, 0.4) is 0 Å². The molecule has 1 N–H and O–H groups in total. The zero-order valence-electron chi connectivity index (χ0n) is 13.3. The molecule has 1 aromatic heterocycles. The molecule has 1 aliphatic rings. The Morgan fingerprint density at radius 3 is 2.60 bits per heavy atom. The molecule has 0 saturated heterocycles. The van der Waals surface area contributed by atoms with E-state index in [0.29, 0.717) is 12.0 Å². The van der Waals surface area contributed by atoms with Crippen LogP contribution in [0.1, 0.15) is 52.1 Å². The van der Waals surface area contributed by atoms with E-state index in [9.17, 15) is 0 Å². The van der Waals surface area contributed by atoms with Crippen molar-refractivity contribution >= 4 is 11.8 Å². The van der Waals surface area contributed by atoms with Crippen molar-refractivity contribution in [2.75, 3.05) is 23.3 Å². The number of hydrogen-bond donors (Lipinski definition) is 1. The minimum absolute atomic E-state index is 0.647. The third kappa shape index (κ3) is 3.84. The number of nitrogens with zero attached hydrogens (tertiary/aromatic N) is 3. The van der Waals surface area contributed by atoms with Gasteiger partial charge in [0.15, 0.2) is 0 Å². The minimum atomic E-state index is 0.647. The maximum atomic E-state index is 4.72. The molecule has 20 heavy (non-hydrogen) atoms. The Bertz CT molecular complexity index is 424. The molecule has 4 heteroatoms. The fraction of sp³-hybridized carbons (Fsp3) is 0.750. The lowest BCUT2D eigenvalue weighted by Crippen LogP contribution is -2.37. The normalized spacial score (nSPS) is 15.8. The van der Waals surface area contributed by atoms with Gasteiger partial charge in [-0.15, -0.1) is 0 Å². The highest BCUT2D eigenvalue weighted by Gasteiger charge is 2.24. The number of anilines is 2. The van der Waals surface area contributed by atoms with Crippen LogP contribution in [0, 0.1) is 12.8 Å². The summed E-state index contributed by atoms with van der Waals surface area (Å²) in [5.41, 5.74) is 1.04. The van der Waals surface area contributed by atoms with Gasteiger partial charge in [-0.2, -0.15) is 4.98 Å². The van der Waals surface area contributed by atoms with Crippen molar-refractivity contribution in [1.29, 1.82) is 0 Å². The van der Waals surface area contributed by atoms with Gasteiger partial charge in [0.25, 0.3) is 0 Å². The average molecular weight is 276 g/mol. The zero-order chi connectivity index (χ0) is 14.5. The van der Waals surface area contributed by atoms with Gasteiger partial charge in [0.1, 0.15) is 5.82 Å². The molecule has 0 amide bonds. The molecule has 112 valence electrons. The predicted molar refractivity (Wildman–Crippen MR) is 85.4 cm³/mol. The van der Waals surface area contributed by atoms with Crippen molar-refractivity contribution < 1.29 is 0 Å². The Hall–Kier alpha value is -1.32. The van der Waals surface area contributed by atoms with Crippen LogP contribution in [0.25, 0.3) is 0 Å². The first-order valence-corrected chi connectivity index (χ1v) is 7.96. The molecule has 1 aromatic rings. The largest absolute Gasteiger partial charge is 0.354 e. The maximum Gasteiger partial charge on any atom is 0.224 e. The summed E-state index contributed by atoms with van der Waals surface area (Å²) in [7, 11) is 0. The van der Waals surface area contributed by atoms with E-state index in [1.54, 1.807) is 0 Å². The molecular formula is C16H28N4. The minimum Gasteiger partial charge on any atom is -0.354 e. The van der Waals surface area contributed by atoms with Gasteiger partial charge in [-0.1, -0.05) is 26.7 Å². The quantitative estimate of drug-likeness (QED) is 0.861. The number of nitrogens with one attached hydrogen (secondary N) is 1. The highest BCUT2D eigenvalue weighted by atomic mass is 15.2. The van der Waals surface area contributed by atoms with Gasteiger partial charge in [-0.05, 0) is 32.6 Å². The lowest BCUT2D eigenvalue weighted by Gasteiger charge is -2.32. The fourth-order valence-corrected chi connectivity index (χ4v) is 2.98. The van der Waals surface area contributed by atoms with E-state index < -0.39 is 0 Å². The van der Waals surface area contributed by atoms with Crippen LogP contribution in [0.2, 0.25) is 0 Å². The Balaban J connectivity index is 2.26. The van der Waals surface area contributed by atoms with Crippen molar-refractivity contribution in [3.05, 3.63) is 11.8 Å². The summed E-state index contributed by atoms with van der Waals surface area (Å²) >= 11 is 0. The van der Waals surface area contributed by atoms with Gasteiger partial charge in [0.2, 0.25) is 5.95 Å². The summed E-state index contributed by atoms with van der Waals surface area (Å²) < 4.78 is 0. The standard InChI is InChI=1S/C16H28N4/c1-5-17-16-18-13(4)10-15(19-16)20(11-12(2)3)14-8-6-7-9-14/h10,12,14H,5-9,11H2,1-4H3,(H,17,18,19). The van der Waals surface area contributed by atoms with Crippen molar-refractivity contribution in [1.82, 2.24) is 9.97 Å². The number of aryl methyl sites for hydroxylation is 1. The summed E-state index contributed by atoms with van der Waals surface area (Å²) in [6.07, 6.45) is 5.30. The maximum absolute atomic E-state index is 4.72. The Labute approximate surface area is 123 Å². The molecule has 1 heterocycles. The summed E-state index contributed by atoms with van der Waals surface area (Å²) in [5, 5.41) is 3.24. The molecule has 1 fully saturated rings. The van der Waals surface area contributed by atoms with Crippen molar-refractivity contribution in [2.24, 2.45) is 5.92 Å². The van der Waals surface area contributed by atoms with Gasteiger partial charge in [-0.3, -0.25) is 0 Å². The van der Waals surface area contributed by atoms with Gasteiger partial charge >= 0.3 is 0 Å². The van der Waals surface area contributed by atoms with E-state index in [0.717, 1.165) is 30.5 Å². The molecule has 0 aromatic carbocycles. The van der Waals surface area contributed by atoms with Crippen LogP contribution in [0.4, 0.5) is 11.8 Å². The number of aromatic nitrogens is 2. The fourth-order valence-electron chi connectivity index (χ4n) is 2.98. The summed E-state index contributed by atoms with van der Waals surface area (Å²) in [4.78, 5) is 11.7. The topological polar surface area (TPSA) is 41.1 Å². The van der Waals surface area contributed by atoms with Gasteiger partial charge in [0, 0.05) is 30.9 Å². The summed E-state index contributed by atoms with van der Waals surface area (Å²) in [5.74, 6) is 2.50. The van der Waals surface area contributed by atoms with Gasteiger partial charge in [0.05, 0.1) is 0 Å². The third-order valence-corrected chi connectivity index (χ3v) is 3.80. The van der Waals surface area contributed by atoms with Gasteiger partial charge < -0.3 is 10.2 Å². The molecule has 2 rings (SSSR count). The Kier molecular flexibility index (Phi) is 5.21. The monoisotopic (exact) mass is 276 g/mol. The first-order valence-electron chi connectivity index (χ1n) is 7.96. The van der Waals surface area contributed by atoms with Crippen LogP contribution in [-0.2, 0) is 0 Å². The third-order valence-electron chi connectivity index (χ3n) is 3.80. The molecule has 0 unspecified atom stereocenters. The van der Waals surface area contributed by atoms with Crippen LogP contribution in [0.15, 0.2) is 6.07 Å². The first kappa shape index (κ1) is 15.1. The highest BCUT2D eigenvalue weighted by Crippen LogP contribution is 2.28. The van der Waals surface area contributed by atoms with Crippen LogP contribution >= 0.6 is 0 Å². The molecule has 0 atom stereocenters. The Morgan fingerprint density at radius 1 is 1.30 bits per heavy atom. The smallest absolute Gasteiger partial charge is 0.224 e. The molecule has 4 nitrogen and oxygen atoms in total. The number of rotatable bonds is 6. The second-order valence-electron chi connectivity index (χ2n) is 6.21. The van der Waals surface area contributed by atoms with Crippen molar-refractivity contribution in [2.45, 2.75) is 59.4 Å². The van der Waals surface area contributed by atoms with Crippen LogP contribution < -0.4 is 10.2 Å².